The molecule has 0 amide bonds. The Labute approximate surface area is 365 Å². The zero-order valence-corrected chi connectivity index (χ0v) is 36.6. The Kier molecular flexibility index (Phi) is 9.52. The fraction of sp³-hybridized carbons (Fsp3) is 0.175. The second-order valence-electron chi connectivity index (χ2n) is 18.7. The summed E-state index contributed by atoms with van der Waals surface area (Å²) in [5.74, 6) is 2.42. The van der Waals surface area contributed by atoms with Gasteiger partial charge < -0.3 is 14.5 Å². The van der Waals surface area contributed by atoms with Crippen LogP contribution in [0.4, 0.5) is 22.7 Å². The maximum absolute atomic E-state index is 6.76. The molecular weight excluding hydrogens is 757 g/mol. The fourth-order valence-electron chi connectivity index (χ4n) is 8.86. The third kappa shape index (κ3) is 7.17. The first-order valence-electron chi connectivity index (χ1n) is 21.6. The van der Waals surface area contributed by atoms with Crippen molar-refractivity contribution in [2.24, 2.45) is 0 Å². The molecule has 0 aliphatic carbocycles. The van der Waals surface area contributed by atoms with Crippen LogP contribution in [0.15, 0.2) is 176 Å². The summed E-state index contributed by atoms with van der Waals surface area (Å²) in [4.78, 5) is 9.92. The minimum Gasteiger partial charge on any atom is -0.457 e. The highest BCUT2D eigenvalue weighted by molar-refractivity contribution is 6.09. The minimum absolute atomic E-state index is 0.0162. The summed E-state index contributed by atoms with van der Waals surface area (Å²) in [6, 6.07) is 60.9. The lowest BCUT2D eigenvalue weighted by Gasteiger charge is -2.24. The van der Waals surface area contributed by atoms with Crippen LogP contribution >= 0.6 is 0 Å². The molecule has 5 nitrogen and oxygen atoms in total. The van der Waals surface area contributed by atoms with Gasteiger partial charge in [0.2, 0.25) is 0 Å². The summed E-state index contributed by atoms with van der Waals surface area (Å²) in [5.41, 5.74) is 15.3. The topological polar surface area (TPSA) is 33.5 Å². The zero-order valence-electron chi connectivity index (χ0n) is 36.6. The zero-order chi connectivity index (χ0) is 42.8. The predicted octanol–water partition coefficient (Wildman–Crippen LogP) is 15.5. The van der Waals surface area contributed by atoms with E-state index in [1.165, 1.54) is 44.7 Å². The lowest BCUT2D eigenvalue weighted by Crippen LogP contribution is -2.24. The van der Waals surface area contributed by atoms with Gasteiger partial charge in [-0.05, 0) is 112 Å². The number of aryl methyl sites for hydroxylation is 1. The molecule has 62 heavy (non-hydrogen) atoms. The van der Waals surface area contributed by atoms with Crippen molar-refractivity contribution in [1.29, 1.82) is 0 Å². The third-order valence-corrected chi connectivity index (χ3v) is 12.4. The number of hydrogen-bond acceptors (Lipinski definition) is 4. The van der Waals surface area contributed by atoms with E-state index in [1.807, 2.05) is 12.3 Å². The molecule has 0 N–H and O–H groups in total. The van der Waals surface area contributed by atoms with Crippen molar-refractivity contribution in [3.05, 3.63) is 193 Å². The molecule has 0 saturated carbocycles. The van der Waals surface area contributed by atoms with Gasteiger partial charge in [-0.2, -0.15) is 0 Å². The van der Waals surface area contributed by atoms with Crippen LogP contribution in [0.1, 0.15) is 58.2 Å². The molecule has 1 aliphatic rings. The van der Waals surface area contributed by atoms with Crippen LogP contribution in [-0.2, 0) is 10.8 Å². The highest BCUT2D eigenvalue weighted by Gasteiger charge is 2.28. The number of rotatable bonds is 7. The summed E-state index contributed by atoms with van der Waals surface area (Å²) >= 11 is 0. The Bertz CT molecular complexity index is 3100. The van der Waals surface area contributed by atoms with Crippen LogP contribution in [0.3, 0.4) is 0 Å². The second-order valence-corrected chi connectivity index (χ2v) is 18.7. The first-order chi connectivity index (χ1) is 29.9. The fourth-order valence-corrected chi connectivity index (χ4v) is 8.86. The number of ether oxygens (including phenoxy) is 1. The van der Waals surface area contributed by atoms with E-state index in [2.05, 4.69) is 227 Å². The summed E-state index contributed by atoms with van der Waals surface area (Å²) < 4.78 is 9.07. The molecule has 1 aliphatic heterocycles. The van der Waals surface area contributed by atoms with Crippen molar-refractivity contribution >= 4 is 44.6 Å². The molecule has 0 radical (unpaired) electrons. The molecular formula is C57H52N4O. The van der Waals surface area contributed by atoms with Gasteiger partial charge in [-0.15, -0.1) is 0 Å². The van der Waals surface area contributed by atoms with Crippen molar-refractivity contribution in [3.8, 4) is 39.6 Å². The number of nitrogens with zero attached hydrogens (tertiary/aromatic N) is 4. The third-order valence-electron chi connectivity index (χ3n) is 12.4. The van der Waals surface area contributed by atoms with Crippen molar-refractivity contribution in [1.82, 2.24) is 9.55 Å². The first-order valence-corrected chi connectivity index (χ1v) is 21.6. The molecule has 0 bridgehead atoms. The average molecular weight is 809 g/mol. The van der Waals surface area contributed by atoms with E-state index in [0.29, 0.717) is 6.67 Å². The summed E-state index contributed by atoms with van der Waals surface area (Å²) in [6.45, 7) is 16.5. The number of aromatic nitrogens is 2. The monoisotopic (exact) mass is 808 g/mol. The van der Waals surface area contributed by atoms with E-state index in [9.17, 15) is 0 Å². The highest BCUT2D eigenvalue weighted by atomic mass is 16.5. The highest BCUT2D eigenvalue weighted by Crippen LogP contribution is 2.45. The average Bonchev–Trinajstić information content (AvgIpc) is 3.82. The van der Waals surface area contributed by atoms with Crippen LogP contribution in [0.2, 0.25) is 0 Å². The quantitative estimate of drug-likeness (QED) is 0.161. The number of pyridine rings is 1. The Balaban J connectivity index is 0.994. The van der Waals surface area contributed by atoms with Crippen LogP contribution in [0, 0.1) is 6.92 Å². The number of benzene rings is 7. The molecule has 0 spiro atoms. The SMILES string of the molecule is Cc1cc(-n2c3cc(Oc4cccc(N5CN(c6ccc(C(C)(C)C)cc6)c6ccccc65)c4)ccc3c3ccc(C(C)(C)C)cc32)ncc1-c1ccc(-c2ccccc2)cc1. The maximum Gasteiger partial charge on any atom is 0.137 e. The Morgan fingerprint density at radius 3 is 1.74 bits per heavy atom. The Morgan fingerprint density at radius 2 is 1.06 bits per heavy atom. The van der Waals surface area contributed by atoms with Crippen molar-refractivity contribution in [3.63, 3.8) is 0 Å². The number of para-hydroxylation sites is 2. The van der Waals surface area contributed by atoms with Gasteiger partial charge >= 0.3 is 0 Å². The molecule has 3 heterocycles. The maximum atomic E-state index is 6.76. The van der Waals surface area contributed by atoms with Gasteiger partial charge in [-0.25, -0.2) is 4.98 Å². The van der Waals surface area contributed by atoms with Crippen LogP contribution in [-0.4, -0.2) is 16.2 Å². The number of fused-ring (bicyclic) bond motifs is 4. The molecule has 0 saturated heterocycles. The Hall–Kier alpha value is -7.11. The molecule has 10 rings (SSSR count). The largest absolute Gasteiger partial charge is 0.457 e. The predicted molar refractivity (Wildman–Crippen MR) is 260 cm³/mol. The van der Waals surface area contributed by atoms with Crippen molar-refractivity contribution in [2.45, 2.75) is 59.3 Å². The molecule has 0 atom stereocenters. The van der Waals surface area contributed by atoms with Gasteiger partial charge in [0, 0.05) is 46.0 Å². The molecule has 0 unspecified atom stereocenters. The summed E-state index contributed by atoms with van der Waals surface area (Å²) in [6.07, 6.45) is 2.03. The number of anilines is 4. The van der Waals surface area contributed by atoms with Crippen LogP contribution in [0.25, 0.3) is 49.9 Å². The molecule has 9 aromatic rings. The van der Waals surface area contributed by atoms with E-state index >= 15 is 0 Å². The van der Waals surface area contributed by atoms with Crippen LogP contribution < -0.4 is 14.5 Å². The van der Waals surface area contributed by atoms with E-state index < -0.39 is 0 Å². The molecule has 2 aromatic heterocycles. The smallest absolute Gasteiger partial charge is 0.137 e. The van der Waals surface area contributed by atoms with Crippen LogP contribution in [0.5, 0.6) is 11.5 Å². The molecule has 0 fully saturated rings. The lowest BCUT2D eigenvalue weighted by molar-refractivity contribution is 0.483. The van der Waals surface area contributed by atoms with Crippen molar-refractivity contribution in [2.75, 3.05) is 16.5 Å². The summed E-state index contributed by atoms with van der Waals surface area (Å²) in [5, 5.41) is 2.35. The van der Waals surface area contributed by atoms with Gasteiger partial charge in [0.15, 0.2) is 0 Å². The number of hydrogen-bond donors (Lipinski definition) is 0. The minimum atomic E-state index is -0.0162. The molecule has 306 valence electrons. The van der Waals surface area contributed by atoms with Gasteiger partial charge in [-0.3, -0.25) is 4.57 Å². The van der Waals surface area contributed by atoms with Gasteiger partial charge in [-0.1, -0.05) is 139 Å². The van der Waals surface area contributed by atoms with E-state index in [4.69, 9.17) is 9.72 Å². The van der Waals surface area contributed by atoms with Crippen molar-refractivity contribution < 1.29 is 4.74 Å². The second kappa shape index (κ2) is 15.1. The Morgan fingerprint density at radius 1 is 0.484 bits per heavy atom. The lowest BCUT2D eigenvalue weighted by atomic mass is 9.86. The normalized spacial score (nSPS) is 13.0. The molecule has 7 aromatic carbocycles. The van der Waals surface area contributed by atoms with Gasteiger partial charge in [0.25, 0.3) is 0 Å². The van der Waals surface area contributed by atoms with E-state index in [-0.39, 0.29) is 10.8 Å². The summed E-state index contributed by atoms with van der Waals surface area (Å²) in [7, 11) is 0. The van der Waals surface area contributed by atoms with Gasteiger partial charge in [0.1, 0.15) is 24.0 Å². The van der Waals surface area contributed by atoms with E-state index in [1.54, 1.807) is 0 Å². The van der Waals surface area contributed by atoms with E-state index in [0.717, 1.165) is 56.1 Å². The van der Waals surface area contributed by atoms with Gasteiger partial charge in [0.05, 0.1) is 22.4 Å². The molecule has 5 heteroatoms. The first kappa shape index (κ1) is 39.1. The standard InChI is InChI=1S/C57H52N4O/c1-38-32-55(58-36-50(38)41-22-20-40(21-23-41)39-14-9-8-10-15-39)61-53-33-43(57(5,6)7)26-30-48(53)49-31-29-47(35-54(49)61)62-46-17-13-16-45(34-46)60-37-59(51-18-11-12-19-52(51)60)44-27-24-42(25-28-44)56(2,3)4/h8-36H,37H2,1-7H3.